The minimum atomic E-state index is -0.345. The first-order valence-corrected chi connectivity index (χ1v) is 6.54. The van der Waals surface area contributed by atoms with Gasteiger partial charge in [-0.2, -0.15) is 0 Å². The average molecular weight is 272 g/mol. The lowest BCUT2D eigenvalue weighted by atomic mass is 10.1. The van der Waals surface area contributed by atoms with Gasteiger partial charge in [-0.05, 0) is 50.2 Å². The Morgan fingerprint density at radius 3 is 2.45 bits per heavy atom. The summed E-state index contributed by atoms with van der Waals surface area (Å²) in [5.74, 6) is -0.465. The summed E-state index contributed by atoms with van der Waals surface area (Å²) in [6, 6.07) is 11.3. The predicted octanol–water partition coefficient (Wildman–Crippen LogP) is 3.27. The second kappa shape index (κ2) is 6.28. The van der Waals surface area contributed by atoms with Crippen molar-refractivity contribution in [1.82, 2.24) is 9.88 Å². The highest BCUT2D eigenvalue weighted by Gasteiger charge is 2.19. The third kappa shape index (κ3) is 3.41. The zero-order valence-corrected chi connectivity index (χ0v) is 11.6. The quantitative estimate of drug-likeness (QED) is 0.855. The number of halogens is 1. The Morgan fingerprint density at radius 1 is 1.20 bits per heavy atom. The zero-order chi connectivity index (χ0) is 14.5. The molecule has 104 valence electrons. The lowest BCUT2D eigenvalue weighted by molar-refractivity contribution is 0.0688. The molecule has 1 amide bonds. The molecule has 0 bridgehead atoms. The van der Waals surface area contributed by atoms with Crippen molar-refractivity contribution in [1.29, 1.82) is 0 Å². The monoisotopic (exact) mass is 272 g/mol. The molecule has 0 atom stereocenters. The van der Waals surface area contributed by atoms with Gasteiger partial charge in [-0.25, -0.2) is 4.39 Å². The highest BCUT2D eigenvalue weighted by Crippen LogP contribution is 2.12. The van der Waals surface area contributed by atoms with Crippen molar-refractivity contribution in [3.63, 3.8) is 0 Å². The van der Waals surface area contributed by atoms with Gasteiger partial charge in [0.05, 0.1) is 12.2 Å². The van der Waals surface area contributed by atoms with E-state index < -0.39 is 0 Å². The van der Waals surface area contributed by atoms with Crippen LogP contribution in [-0.4, -0.2) is 21.8 Å². The van der Waals surface area contributed by atoms with Crippen LogP contribution in [0.4, 0.5) is 4.39 Å². The fraction of sp³-hybridized carbons (Fsp3) is 0.250. The van der Waals surface area contributed by atoms with E-state index in [0.29, 0.717) is 12.1 Å². The molecule has 2 rings (SSSR count). The van der Waals surface area contributed by atoms with Crippen molar-refractivity contribution in [2.75, 3.05) is 0 Å². The van der Waals surface area contributed by atoms with Gasteiger partial charge in [-0.15, -0.1) is 0 Å². The van der Waals surface area contributed by atoms with Gasteiger partial charge in [-0.1, -0.05) is 6.07 Å². The second-order valence-electron chi connectivity index (χ2n) is 4.85. The van der Waals surface area contributed by atoms with Gasteiger partial charge in [0.1, 0.15) is 5.82 Å². The molecule has 0 N–H and O–H groups in total. The Morgan fingerprint density at radius 2 is 1.90 bits per heavy atom. The molecule has 20 heavy (non-hydrogen) atoms. The maximum atomic E-state index is 12.9. The van der Waals surface area contributed by atoms with Crippen LogP contribution in [0.5, 0.6) is 0 Å². The molecule has 1 heterocycles. The molecule has 2 aromatic rings. The summed E-state index contributed by atoms with van der Waals surface area (Å²) in [7, 11) is 0. The van der Waals surface area contributed by atoms with Crippen molar-refractivity contribution in [2.45, 2.75) is 26.4 Å². The molecule has 0 saturated heterocycles. The fourth-order valence-corrected chi connectivity index (χ4v) is 1.91. The van der Waals surface area contributed by atoms with Crippen molar-refractivity contribution in [3.05, 3.63) is 65.7 Å². The van der Waals surface area contributed by atoms with Gasteiger partial charge in [0.15, 0.2) is 0 Å². The summed E-state index contributed by atoms with van der Waals surface area (Å²) in [4.78, 5) is 18.4. The van der Waals surface area contributed by atoms with Crippen LogP contribution in [0.3, 0.4) is 0 Å². The largest absolute Gasteiger partial charge is 0.330 e. The van der Waals surface area contributed by atoms with E-state index in [-0.39, 0.29) is 17.8 Å². The Labute approximate surface area is 118 Å². The lowest BCUT2D eigenvalue weighted by Crippen LogP contribution is -2.36. The highest BCUT2D eigenvalue weighted by atomic mass is 19.1. The Kier molecular flexibility index (Phi) is 4.45. The molecule has 0 saturated carbocycles. The maximum absolute atomic E-state index is 12.9. The van der Waals surface area contributed by atoms with Crippen molar-refractivity contribution >= 4 is 5.91 Å². The van der Waals surface area contributed by atoms with E-state index in [0.717, 1.165) is 5.69 Å². The summed E-state index contributed by atoms with van der Waals surface area (Å²) < 4.78 is 12.9. The molecule has 0 aliphatic heterocycles. The number of hydrogen-bond donors (Lipinski definition) is 0. The number of aromatic nitrogens is 1. The first-order valence-electron chi connectivity index (χ1n) is 6.54. The SMILES string of the molecule is CC(C)N(Cc1ccccn1)C(=O)c1ccc(F)cc1. The third-order valence-corrected chi connectivity index (χ3v) is 3.03. The molecule has 0 aliphatic carbocycles. The van der Waals surface area contributed by atoms with E-state index >= 15 is 0 Å². The highest BCUT2D eigenvalue weighted by molar-refractivity contribution is 5.94. The zero-order valence-electron chi connectivity index (χ0n) is 11.6. The molecule has 0 spiro atoms. The molecule has 0 fully saturated rings. The molecule has 0 radical (unpaired) electrons. The topological polar surface area (TPSA) is 33.2 Å². The minimum Gasteiger partial charge on any atom is -0.330 e. The molecule has 4 heteroatoms. The Bertz CT molecular complexity index is 567. The van der Waals surface area contributed by atoms with Crippen LogP contribution >= 0.6 is 0 Å². The molecular weight excluding hydrogens is 255 g/mol. The van der Waals surface area contributed by atoms with Crippen molar-refractivity contribution in [2.24, 2.45) is 0 Å². The standard InChI is InChI=1S/C16H17FN2O/c1-12(2)19(11-15-5-3-4-10-18-15)16(20)13-6-8-14(17)9-7-13/h3-10,12H,11H2,1-2H3. The normalized spacial score (nSPS) is 10.6. The van der Waals surface area contributed by atoms with Crippen LogP contribution in [0, 0.1) is 5.82 Å². The number of hydrogen-bond acceptors (Lipinski definition) is 2. The summed E-state index contributed by atoms with van der Waals surface area (Å²) >= 11 is 0. The van der Waals surface area contributed by atoms with Crippen LogP contribution in [0.15, 0.2) is 48.7 Å². The first-order chi connectivity index (χ1) is 9.58. The van der Waals surface area contributed by atoms with Crippen molar-refractivity contribution < 1.29 is 9.18 Å². The summed E-state index contributed by atoms with van der Waals surface area (Å²) in [5, 5.41) is 0. The molecule has 3 nitrogen and oxygen atoms in total. The molecular formula is C16H17FN2O. The predicted molar refractivity (Wildman–Crippen MR) is 75.6 cm³/mol. The van der Waals surface area contributed by atoms with Gasteiger partial charge >= 0.3 is 0 Å². The van der Waals surface area contributed by atoms with Gasteiger partial charge in [0.2, 0.25) is 0 Å². The number of amides is 1. The average Bonchev–Trinajstić information content (AvgIpc) is 2.45. The number of rotatable bonds is 4. The maximum Gasteiger partial charge on any atom is 0.254 e. The summed E-state index contributed by atoms with van der Waals surface area (Å²) in [5.41, 5.74) is 1.31. The number of carbonyl (C=O) groups is 1. The van der Waals surface area contributed by atoms with Crippen LogP contribution in [0.2, 0.25) is 0 Å². The summed E-state index contributed by atoms with van der Waals surface area (Å²) in [6.45, 7) is 4.34. The second-order valence-corrected chi connectivity index (χ2v) is 4.85. The van der Waals surface area contributed by atoms with E-state index in [1.165, 1.54) is 24.3 Å². The number of benzene rings is 1. The van der Waals surface area contributed by atoms with Crippen LogP contribution in [-0.2, 0) is 6.54 Å². The van der Waals surface area contributed by atoms with E-state index in [2.05, 4.69) is 4.98 Å². The number of pyridine rings is 1. The molecule has 1 aromatic carbocycles. The van der Waals surface area contributed by atoms with Crippen LogP contribution in [0.1, 0.15) is 29.9 Å². The first kappa shape index (κ1) is 14.2. The smallest absolute Gasteiger partial charge is 0.254 e. The van der Waals surface area contributed by atoms with Gasteiger partial charge < -0.3 is 4.90 Å². The van der Waals surface area contributed by atoms with Gasteiger partial charge in [0.25, 0.3) is 5.91 Å². The van der Waals surface area contributed by atoms with Gasteiger partial charge in [-0.3, -0.25) is 9.78 Å². The van der Waals surface area contributed by atoms with Crippen molar-refractivity contribution in [3.8, 4) is 0 Å². The van der Waals surface area contributed by atoms with E-state index in [9.17, 15) is 9.18 Å². The fourth-order valence-electron chi connectivity index (χ4n) is 1.91. The van der Waals surface area contributed by atoms with Gasteiger partial charge in [0, 0.05) is 17.8 Å². The number of carbonyl (C=O) groups excluding carboxylic acids is 1. The molecule has 0 aliphatic rings. The Hall–Kier alpha value is -2.23. The van der Waals surface area contributed by atoms with E-state index in [1.807, 2.05) is 32.0 Å². The minimum absolute atomic E-state index is 0.0366. The van der Waals surface area contributed by atoms with Crippen LogP contribution < -0.4 is 0 Å². The molecule has 0 unspecified atom stereocenters. The Balaban J connectivity index is 2.20. The lowest BCUT2D eigenvalue weighted by Gasteiger charge is -2.26. The summed E-state index contributed by atoms with van der Waals surface area (Å²) in [6.07, 6.45) is 1.70. The third-order valence-electron chi connectivity index (χ3n) is 3.03. The number of nitrogens with zero attached hydrogens (tertiary/aromatic N) is 2. The van der Waals surface area contributed by atoms with E-state index in [1.54, 1.807) is 11.1 Å². The molecule has 1 aromatic heterocycles. The van der Waals surface area contributed by atoms with Crippen LogP contribution in [0.25, 0.3) is 0 Å². The van der Waals surface area contributed by atoms with E-state index in [4.69, 9.17) is 0 Å².